The van der Waals surface area contributed by atoms with Crippen LogP contribution in [0.1, 0.15) is 0 Å². The molecule has 0 spiro atoms. The number of anilines is 1. The lowest BCUT2D eigenvalue weighted by atomic mass is 10.3. The van der Waals surface area contributed by atoms with Crippen molar-refractivity contribution >= 4 is 67.6 Å². The number of fused-ring (bicyclic) bond motifs is 1. The lowest BCUT2D eigenvalue weighted by Crippen LogP contribution is -2.14. The monoisotopic (exact) mass is 427 g/mol. The maximum Gasteiger partial charge on any atom is 0.235 e. The smallest absolute Gasteiger partial charge is 0.235 e. The predicted octanol–water partition coefficient (Wildman–Crippen LogP) is 4.03. The fourth-order valence-electron chi connectivity index (χ4n) is 1.67. The Kier molecular flexibility index (Phi) is 4.71. The third-order valence-electron chi connectivity index (χ3n) is 2.60. The van der Waals surface area contributed by atoms with E-state index in [-0.39, 0.29) is 5.91 Å². The largest absolute Gasteiger partial charge is 0.310 e. The van der Waals surface area contributed by atoms with Crippen LogP contribution in [0.15, 0.2) is 46.9 Å². The van der Waals surface area contributed by atoms with E-state index < -0.39 is 0 Å². The molecular weight excluding hydrogens is 417 g/mol. The molecule has 106 valence electrons. The van der Waals surface area contributed by atoms with Crippen LogP contribution in [-0.4, -0.2) is 21.6 Å². The van der Waals surface area contributed by atoms with E-state index in [0.29, 0.717) is 11.6 Å². The molecule has 4 nitrogen and oxygen atoms in total. The summed E-state index contributed by atoms with van der Waals surface area (Å²) in [5.41, 5.74) is 0.977. The minimum absolute atomic E-state index is 0.0760. The molecule has 0 bridgehead atoms. The number of amides is 1. The molecule has 1 aromatic carbocycles. The molecule has 0 radical (unpaired) electrons. The first kappa shape index (κ1) is 14.7. The number of hydrogen-bond acceptors (Lipinski definition) is 5. The fraction of sp³-hybridized carbons (Fsp3) is 0.0714. The van der Waals surface area contributed by atoms with E-state index in [4.69, 9.17) is 0 Å². The normalized spacial score (nSPS) is 10.7. The van der Waals surface area contributed by atoms with E-state index in [1.807, 2.05) is 30.3 Å². The number of hydrogen-bond donors (Lipinski definition) is 1. The maximum absolute atomic E-state index is 11.9. The van der Waals surface area contributed by atoms with Gasteiger partial charge in [0.15, 0.2) is 4.34 Å². The molecule has 21 heavy (non-hydrogen) atoms. The summed E-state index contributed by atoms with van der Waals surface area (Å²) >= 11 is 5.22. The van der Waals surface area contributed by atoms with E-state index in [2.05, 4.69) is 37.9 Å². The number of thiazole rings is 1. The highest BCUT2D eigenvalue weighted by molar-refractivity contribution is 14.1. The van der Waals surface area contributed by atoms with Crippen molar-refractivity contribution in [2.24, 2.45) is 0 Å². The summed E-state index contributed by atoms with van der Waals surface area (Å²) in [7, 11) is 0. The van der Waals surface area contributed by atoms with Crippen molar-refractivity contribution in [1.29, 1.82) is 0 Å². The number of halogens is 1. The fourth-order valence-corrected chi connectivity index (χ4v) is 3.86. The summed E-state index contributed by atoms with van der Waals surface area (Å²) in [5, 5.41) is 2.78. The van der Waals surface area contributed by atoms with Crippen molar-refractivity contribution in [3.8, 4) is 0 Å². The minimum Gasteiger partial charge on any atom is -0.310 e. The molecule has 0 saturated heterocycles. The van der Waals surface area contributed by atoms with Crippen LogP contribution in [0.2, 0.25) is 0 Å². The summed E-state index contributed by atoms with van der Waals surface area (Å²) in [5.74, 6) is 0.825. The first-order chi connectivity index (χ1) is 10.2. The first-order valence-corrected chi connectivity index (χ1v) is 8.98. The van der Waals surface area contributed by atoms with E-state index in [1.54, 1.807) is 23.6 Å². The zero-order valence-electron chi connectivity index (χ0n) is 10.7. The summed E-state index contributed by atoms with van der Waals surface area (Å²) in [4.78, 5) is 20.5. The highest BCUT2D eigenvalue weighted by Crippen LogP contribution is 2.29. The predicted molar refractivity (Wildman–Crippen MR) is 95.9 cm³/mol. The molecular formula is C14H10IN3OS2. The Morgan fingerprint density at radius 1 is 1.29 bits per heavy atom. The number of para-hydroxylation sites is 1. The molecule has 3 rings (SSSR count). The van der Waals surface area contributed by atoms with Gasteiger partial charge in [-0.25, -0.2) is 9.97 Å². The zero-order chi connectivity index (χ0) is 14.7. The maximum atomic E-state index is 11.9. The van der Waals surface area contributed by atoms with Gasteiger partial charge in [0.1, 0.15) is 5.82 Å². The molecule has 0 aliphatic heterocycles. The Hall–Kier alpha value is -1.19. The molecule has 1 amide bonds. The number of rotatable bonds is 4. The number of carbonyl (C=O) groups excluding carboxylic acids is 1. The van der Waals surface area contributed by atoms with Crippen LogP contribution >= 0.6 is 45.7 Å². The number of benzene rings is 1. The van der Waals surface area contributed by atoms with Crippen molar-refractivity contribution in [3.63, 3.8) is 0 Å². The van der Waals surface area contributed by atoms with Crippen LogP contribution in [-0.2, 0) is 4.79 Å². The first-order valence-electron chi connectivity index (χ1n) is 6.10. The van der Waals surface area contributed by atoms with Crippen molar-refractivity contribution in [2.45, 2.75) is 4.34 Å². The van der Waals surface area contributed by atoms with Gasteiger partial charge in [0.2, 0.25) is 5.91 Å². The van der Waals surface area contributed by atoms with Crippen LogP contribution in [0.3, 0.4) is 0 Å². The van der Waals surface area contributed by atoms with Gasteiger partial charge in [-0.15, -0.1) is 11.3 Å². The van der Waals surface area contributed by atoms with Crippen LogP contribution < -0.4 is 5.32 Å². The molecule has 3 aromatic rings. The van der Waals surface area contributed by atoms with Gasteiger partial charge >= 0.3 is 0 Å². The standard InChI is InChI=1S/C14H10IN3OS2/c15-9-5-6-12(16-7-9)18-13(19)8-20-14-17-10-3-1-2-4-11(10)21-14/h1-7H,8H2,(H,16,18,19). The van der Waals surface area contributed by atoms with Crippen molar-refractivity contribution in [1.82, 2.24) is 9.97 Å². The van der Waals surface area contributed by atoms with Gasteiger partial charge in [-0.05, 0) is 46.9 Å². The van der Waals surface area contributed by atoms with E-state index in [0.717, 1.165) is 18.1 Å². The van der Waals surface area contributed by atoms with E-state index >= 15 is 0 Å². The Labute approximate surface area is 143 Å². The number of thioether (sulfide) groups is 1. The van der Waals surface area contributed by atoms with Crippen LogP contribution in [0, 0.1) is 3.57 Å². The summed E-state index contributed by atoms with van der Waals surface area (Å²) in [6.45, 7) is 0. The topological polar surface area (TPSA) is 54.9 Å². The quantitative estimate of drug-likeness (QED) is 0.505. The van der Waals surface area contributed by atoms with Gasteiger partial charge in [-0.2, -0.15) is 0 Å². The molecule has 1 N–H and O–H groups in total. The van der Waals surface area contributed by atoms with Gasteiger partial charge in [-0.1, -0.05) is 23.9 Å². The third kappa shape index (κ3) is 3.92. The molecule has 7 heteroatoms. The molecule has 0 unspecified atom stereocenters. The van der Waals surface area contributed by atoms with E-state index in [1.165, 1.54) is 11.8 Å². The van der Waals surface area contributed by atoms with Gasteiger partial charge < -0.3 is 5.32 Å². The van der Waals surface area contributed by atoms with Gasteiger partial charge in [0.05, 0.1) is 16.0 Å². The number of pyridine rings is 1. The second-order valence-electron chi connectivity index (χ2n) is 4.15. The third-order valence-corrected chi connectivity index (χ3v) is 5.41. The Bertz CT molecular complexity index is 740. The summed E-state index contributed by atoms with van der Waals surface area (Å²) < 4.78 is 3.08. The summed E-state index contributed by atoms with van der Waals surface area (Å²) in [6, 6.07) is 11.7. The molecule has 0 saturated carbocycles. The van der Waals surface area contributed by atoms with Crippen molar-refractivity contribution < 1.29 is 4.79 Å². The summed E-state index contributed by atoms with van der Waals surface area (Å²) in [6.07, 6.45) is 1.72. The average Bonchev–Trinajstić information content (AvgIpc) is 2.90. The van der Waals surface area contributed by atoms with Crippen molar-refractivity contribution in [2.75, 3.05) is 11.1 Å². The Balaban J connectivity index is 1.59. The highest BCUT2D eigenvalue weighted by Gasteiger charge is 2.08. The minimum atomic E-state index is -0.0760. The Morgan fingerprint density at radius 2 is 2.14 bits per heavy atom. The number of carbonyl (C=O) groups is 1. The molecule has 2 heterocycles. The molecule has 0 aliphatic carbocycles. The number of nitrogens with zero attached hydrogens (tertiary/aromatic N) is 2. The average molecular weight is 427 g/mol. The number of aromatic nitrogens is 2. The second-order valence-corrected chi connectivity index (χ2v) is 7.64. The molecule has 0 fully saturated rings. The zero-order valence-corrected chi connectivity index (χ0v) is 14.5. The lowest BCUT2D eigenvalue weighted by molar-refractivity contribution is -0.113. The lowest BCUT2D eigenvalue weighted by Gasteiger charge is -2.02. The van der Waals surface area contributed by atoms with Crippen LogP contribution in [0.5, 0.6) is 0 Å². The Morgan fingerprint density at radius 3 is 2.90 bits per heavy atom. The highest BCUT2D eigenvalue weighted by atomic mass is 127. The number of nitrogens with one attached hydrogen (secondary N) is 1. The van der Waals surface area contributed by atoms with E-state index in [9.17, 15) is 4.79 Å². The molecule has 0 atom stereocenters. The SMILES string of the molecule is O=C(CSc1nc2ccccc2s1)Nc1ccc(I)cn1. The van der Waals surface area contributed by atoms with Gasteiger partial charge in [0, 0.05) is 9.77 Å². The van der Waals surface area contributed by atoms with Crippen molar-refractivity contribution in [3.05, 3.63) is 46.2 Å². The molecule has 2 aromatic heterocycles. The van der Waals surface area contributed by atoms with Gasteiger partial charge in [-0.3, -0.25) is 4.79 Å². The molecule has 0 aliphatic rings. The second kappa shape index (κ2) is 6.71. The van der Waals surface area contributed by atoms with Crippen LogP contribution in [0.25, 0.3) is 10.2 Å². The van der Waals surface area contributed by atoms with Crippen LogP contribution in [0.4, 0.5) is 5.82 Å². The van der Waals surface area contributed by atoms with Gasteiger partial charge in [0.25, 0.3) is 0 Å².